The molecule has 3 amide bonds. The number of amides is 3. The van der Waals surface area contributed by atoms with Crippen molar-refractivity contribution in [2.75, 3.05) is 27.2 Å². The lowest BCUT2D eigenvalue weighted by molar-refractivity contribution is -0.525. The van der Waals surface area contributed by atoms with Gasteiger partial charge in [0.1, 0.15) is 17.7 Å². The maximum Gasteiger partial charge on any atom is 0.251 e. The van der Waals surface area contributed by atoms with Gasteiger partial charge in [-0.2, -0.15) is 0 Å². The van der Waals surface area contributed by atoms with Crippen molar-refractivity contribution in [3.05, 3.63) is 71.6 Å². The number of aliphatic hydroxyl groups is 1. The van der Waals surface area contributed by atoms with E-state index in [4.69, 9.17) is 5.73 Å². The average molecular weight is 611 g/mol. The number of hydrogen-bond donors (Lipinski definition) is 7. The molecule has 2 heterocycles. The number of aliphatic hydroxyl groups excluding tert-OH is 1. The zero-order valence-corrected chi connectivity index (χ0v) is 27.2. The number of likely N-dealkylation sites (N-methyl/N-ethyl adjacent to an activating group) is 2. The Balaban J connectivity index is 0.000000409. The zero-order chi connectivity index (χ0) is 33.0. The number of nitrogens with zero attached hydrogens (tertiary/aromatic N) is 1. The summed E-state index contributed by atoms with van der Waals surface area (Å²) in [5.74, 6) is 0.781. The molecule has 3 aliphatic rings. The van der Waals surface area contributed by atoms with Gasteiger partial charge in [0.25, 0.3) is 5.91 Å². The molecule has 11 nitrogen and oxygen atoms in total. The van der Waals surface area contributed by atoms with Crippen LogP contribution in [0.25, 0.3) is 0 Å². The van der Waals surface area contributed by atoms with E-state index in [9.17, 15) is 19.5 Å². The number of nitrogens with one attached hydrogen (secondary N) is 5. The molecule has 44 heavy (non-hydrogen) atoms. The molecular weight excluding hydrogens is 558 g/mol. The lowest BCUT2D eigenvalue weighted by atomic mass is 9.84. The maximum absolute atomic E-state index is 13.2. The largest absolute Gasteiger partial charge is 0.388 e. The molecule has 0 spiro atoms. The number of benzene rings is 1. The van der Waals surface area contributed by atoms with Gasteiger partial charge in [0.2, 0.25) is 17.6 Å². The van der Waals surface area contributed by atoms with Crippen LogP contribution in [-0.4, -0.2) is 84.5 Å². The van der Waals surface area contributed by atoms with Crippen molar-refractivity contribution >= 4 is 23.6 Å². The molecule has 0 aromatic heterocycles. The second-order valence-electron chi connectivity index (χ2n) is 11.0. The van der Waals surface area contributed by atoms with Crippen LogP contribution in [0.2, 0.25) is 0 Å². The van der Waals surface area contributed by atoms with Gasteiger partial charge in [-0.1, -0.05) is 46.1 Å². The van der Waals surface area contributed by atoms with E-state index in [0.29, 0.717) is 25.3 Å². The molecule has 1 aliphatic carbocycles. The van der Waals surface area contributed by atoms with Crippen LogP contribution in [0.3, 0.4) is 0 Å². The summed E-state index contributed by atoms with van der Waals surface area (Å²) in [5.41, 5.74) is 8.87. The average Bonchev–Trinajstić information content (AvgIpc) is 3.31. The molecule has 3 unspecified atom stereocenters. The Morgan fingerprint density at radius 3 is 2.50 bits per heavy atom. The molecule has 1 aromatic carbocycles. The van der Waals surface area contributed by atoms with Gasteiger partial charge in [-0.05, 0) is 55.9 Å². The van der Waals surface area contributed by atoms with E-state index in [0.717, 1.165) is 36.2 Å². The highest BCUT2D eigenvalue weighted by Crippen LogP contribution is 2.36. The van der Waals surface area contributed by atoms with E-state index in [1.807, 2.05) is 39.8 Å². The quantitative estimate of drug-likeness (QED) is 0.0990. The number of carbonyl (C=O) groups is 3. The van der Waals surface area contributed by atoms with Crippen LogP contribution in [0.15, 0.2) is 54.9 Å². The topological polar surface area (TPSA) is 163 Å². The minimum Gasteiger partial charge on any atom is -0.388 e. The molecule has 0 saturated carbocycles. The summed E-state index contributed by atoms with van der Waals surface area (Å²) < 4.78 is 0. The summed E-state index contributed by atoms with van der Waals surface area (Å²) in [6.07, 6.45) is 6.81. The molecule has 242 valence electrons. The van der Waals surface area contributed by atoms with Crippen molar-refractivity contribution in [2.45, 2.75) is 83.5 Å². The number of hydrogen-bond acceptors (Lipinski definition) is 6. The van der Waals surface area contributed by atoms with Crippen LogP contribution in [-0.2, 0) is 22.4 Å². The summed E-state index contributed by atoms with van der Waals surface area (Å²) in [6, 6.07) is 5.48. The van der Waals surface area contributed by atoms with Gasteiger partial charge in [0, 0.05) is 44.3 Å². The van der Waals surface area contributed by atoms with Gasteiger partial charge in [0.05, 0.1) is 18.4 Å². The third-order valence-electron chi connectivity index (χ3n) is 8.38. The highest BCUT2D eigenvalue weighted by atomic mass is 16.3. The molecule has 2 fully saturated rings. The van der Waals surface area contributed by atoms with Gasteiger partial charge < -0.3 is 31.3 Å². The monoisotopic (exact) mass is 610 g/mol. The second kappa shape index (κ2) is 16.7. The van der Waals surface area contributed by atoms with Crippen LogP contribution >= 0.6 is 0 Å². The van der Waals surface area contributed by atoms with Crippen LogP contribution in [0.1, 0.15) is 68.4 Å². The van der Waals surface area contributed by atoms with Crippen LogP contribution in [0.4, 0.5) is 0 Å². The number of rotatable bonds is 7. The molecule has 2 saturated heterocycles. The van der Waals surface area contributed by atoms with Crippen molar-refractivity contribution in [3.8, 4) is 0 Å². The first-order valence-electron chi connectivity index (χ1n) is 15.5. The summed E-state index contributed by atoms with van der Waals surface area (Å²) in [6.45, 7) is 16.7. The Bertz CT molecular complexity index is 1270. The Hall–Kier alpha value is -4.12. The Morgan fingerprint density at radius 2 is 1.86 bits per heavy atom. The lowest BCUT2D eigenvalue weighted by Gasteiger charge is -2.46. The minimum atomic E-state index is -0.762. The number of aryl methyl sites for hydroxylation is 1. The molecule has 2 aliphatic heterocycles. The lowest BCUT2D eigenvalue weighted by Crippen LogP contribution is -2.92. The number of amidine groups is 1. The Labute approximate surface area is 262 Å². The summed E-state index contributed by atoms with van der Waals surface area (Å²) >= 11 is 0. The first-order valence-corrected chi connectivity index (χ1v) is 15.5. The third-order valence-corrected chi connectivity index (χ3v) is 8.38. The first-order chi connectivity index (χ1) is 21.0. The van der Waals surface area contributed by atoms with Crippen molar-refractivity contribution in [3.63, 3.8) is 0 Å². The summed E-state index contributed by atoms with van der Waals surface area (Å²) in [4.78, 5) is 40.1. The standard InChI is InChI=1S/C23H33N5O2.C8H12N2O2.C2H6/c1-4-20(24)27-19-12-25-14(2)28-13-18(21(29)23(19,28)3)26-22(30)17-11-7-9-15-8-5-6-10-16(15)17;1-6(8(12)10-3)4-5-7(11)9-2;1-2/h7,9,11,18-19,21,25,29H,2,4-6,8,10,12-13H2,1,3H3,(H2,24,27)(H,26,30);4-5H,1H2,2-3H3,(H,9,11)(H,10,12);1-2H3/p+1/b;5-4-;/t18?,19-,21?,23?;;/m0../s1. The Morgan fingerprint density at radius 1 is 1.18 bits per heavy atom. The van der Waals surface area contributed by atoms with Crippen molar-refractivity contribution < 1.29 is 24.5 Å². The highest BCUT2D eigenvalue weighted by molar-refractivity contribution is 5.98. The van der Waals surface area contributed by atoms with Crippen LogP contribution < -0.4 is 32.0 Å². The predicted octanol–water partition coefficient (Wildman–Crippen LogP) is 0.00680. The van der Waals surface area contributed by atoms with Gasteiger partial charge in [-0.15, -0.1) is 0 Å². The first kappa shape index (κ1) is 36.1. The normalized spacial score (nSPS) is 23.9. The fourth-order valence-electron chi connectivity index (χ4n) is 5.76. The van der Waals surface area contributed by atoms with Crippen molar-refractivity contribution in [2.24, 2.45) is 5.73 Å². The van der Waals surface area contributed by atoms with E-state index in [1.54, 1.807) is 0 Å². The molecular formula is C33H52N7O4+. The SMILES string of the molecule is C=C(/C=C\C(=O)NC)C(=O)NC.C=C1NC[C@H]([NH+]=C(N)CC)C2(C)C(O)C(NC(=O)c3cccc4c3CCCC4)CN12.CC. The van der Waals surface area contributed by atoms with E-state index in [-0.39, 0.29) is 29.3 Å². The molecule has 4 rings (SSSR count). The fraction of sp³-hybridized carbons (Fsp3) is 0.515. The van der Waals surface area contributed by atoms with Crippen LogP contribution in [0.5, 0.6) is 0 Å². The van der Waals surface area contributed by atoms with Gasteiger partial charge in [-0.3, -0.25) is 25.1 Å². The molecule has 8 N–H and O–H groups in total. The summed E-state index contributed by atoms with van der Waals surface area (Å²) in [7, 11) is 3.01. The predicted molar refractivity (Wildman–Crippen MR) is 175 cm³/mol. The number of carbonyl (C=O) groups excluding carboxylic acids is 3. The van der Waals surface area contributed by atoms with Gasteiger partial charge in [-0.25, -0.2) is 0 Å². The van der Waals surface area contributed by atoms with E-state index in [2.05, 4.69) is 50.4 Å². The zero-order valence-electron chi connectivity index (χ0n) is 27.2. The fourth-order valence-corrected chi connectivity index (χ4v) is 5.76. The summed E-state index contributed by atoms with van der Waals surface area (Å²) in [5, 5.41) is 22.5. The molecule has 11 heteroatoms. The molecule has 0 radical (unpaired) electrons. The van der Waals surface area contributed by atoms with E-state index >= 15 is 0 Å². The van der Waals surface area contributed by atoms with Gasteiger partial charge in [0.15, 0.2) is 0 Å². The third kappa shape index (κ3) is 8.28. The highest BCUT2D eigenvalue weighted by Gasteiger charge is 2.58. The van der Waals surface area contributed by atoms with Crippen molar-refractivity contribution in [1.29, 1.82) is 0 Å². The van der Waals surface area contributed by atoms with E-state index < -0.39 is 17.7 Å². The maximum atomic E-state index is 13.2. The van der Waals surface area contributed by atoms with E-state index in [1.165, 1.54) is 38.2 Å². The second-order valence-corrected chi connectivity index (χ2v) is 11.0. The Kier molecular flexibility index (Phi) is 13.7. The number of nitrogens with two attached hydrogens (primary N) is 1. The molecule has 0 bridgehead atoms. The van der Waals surface area contributed by atoms with Crippen molar-refractivity contribution in [1.82, 2.24) is 26.2 Å². The smallest absolute Gasteiger partial charge is 0.251 e. The van der Waals surface area contributed by atoms with Gasteiger partial charge >= 0.3 is 0 Å². The minimum absolute atomic E-state index is 0.107. The molecule has 4 atom stereocenters. The number of fused-ring (bicyclic) bond motifs is 2. The van der Waals surface area contributed by atoms with Crippen LogP contribution in [0, 0.1) is 0 Å². The molecule has 1 aromatic rings.